The number of hydrogen-bond acceptors (Lipinski definition) is 4. The first-order chi connectivity index (χ1) is 11.3. The van der Waals surface area contributed by atoms with Gasteiger partial charge in [0.1, 0.15) is 6.54 Å². The van der Waals surface area contributed by atoms with Crippen molar-refractivity contribution in [2.45, 2.75) is 20.4 Å². The van der Waals surface area contributed by atoms with E-state index < -0.39 is 30.3 Å². The summed E-state index contributed by atoms with van der Waals surface area (Å²) in [6.45, 7) is 3.55. The minimum atomic E-state index is -0.970. The molecule has 0 unspecified atom stereocenters. The van der Waals surface area contributed by atoms with Gasteiger partial charge in [-0.15, -0.1) is 0 Å². The minimum Gasteiger partial charge on any atom is -0.350 e. The van der Waals surface area contributed by atoms with Gasteiger partial charge in [-0.05, 0) is 23.6 Å². The molecule has 1 aliphatic rings. The molecule has 128 valence electrons. The van der Waals surface area contributed by atoms with Gasteiger partial charge in [0.15, 0.2) is 0 Å². The largest absolute Gasteiger partial charge is 0.350 e. The molecule has 5 amide bonds. The second-order valence-corrected chi connectivity index (χ2v) is 6.32. The third-order valence-electron chi connectivity index (χ3n) is 3.39. The minimum absolute atomic E-state index is 0.0318. The summed E-state index contributed by atoms with van der Waals surface area (Å²) in [5.41, 5.74) is 0.823. The molecule has 0 radical (unpaired) electrons. The van der Waals surface area contributed by atoms with Crippen molar-refractivity contribution < 1.29 is 19.2 Å². The number of urea groups is 1. The van der Waals surface area contributed by atoms with Crippen LogP contribution in [-0.2, 0) is 20.9 Å². The molecule has 0 spiro atoms. The van der Waals surface area contributed by atoms with Crippen LogP contribution < -0.4 is 5.32 Å². The highest BCUT2D eigenvalue weighted by atomic mass is 35.5. The Bertz CT molecular complexity index is 672. The van der Waals surface area contributed by atoms with Gasteiger partial charge in [0.2, 0.25) is 5.91 Å². The van der Waals surface area contributed by atoms with Gasteiger partial charge in [-0.3, -0.25) is 19.3 Å². The Balaban J connectivity index is 1.93. The van der Waals surface area contributed by atoms with Gasteiger partial charge in [0, 0.05) is 18.1 Å². The molecule has 0 saturated carbocycles. The van der Waals surface area contributed by atoms with E-state index in [0.717, 1.165) is 10.5 Å². The molecule has 0 atom stereocenters. The zero-order valence-electron chi connectivity index (χ0n) is 13.4. The van der Waals surface area contributed by atoms with Crippen LogP contribution in [0.25, 0.3) is 0 Å². The Morgan fingerprint density at radius 1 is 1.08 bits per heavy atom. The topological polar surface area (TPSA) is 86.8 Å². The van der Waals surface area contributed by atoms with Crippen LogP contribution in [0.5, 0.6) is 0 Å². The summed E-state index contributed by atoms with van der Waals surface area (Å²) in [6.07, 6.45) is 0. The van der Waals surface area contributed by atoms with E-state index in [1.165, 1.54) is 0 Å². The van der Waals surface area contributed by atoms with Crippen molar-refractivity contribution in [3.63, 3.8) is 0 Å². The fraction of sp³-hybridized carbons (Fsp3) is 0.375. The molecule has 8 heteroatoms. The first kappa shape index (κ1) is 17.9. The lowest BCUT2D eigenvalue weighted by Crippen LogP contribution is -2.41. The second-order valence-electron chi connectivity index (χ2n) is 5.89. The Morgan fingerprint density at radius 2 is 1.67 bits per heavy atom. The lowest BCUT2D eigenvalue weighted by molar-refractivity contribution is -0.144. The summed E-state index contributed by atoms with van der Waals surface area (Å²) in [7, 11) is 0. The third kappa shape index (κ3) is 4.11. The van der Waals surface area contributed by atoms with Crippen molar-refractivity contribution in [3.8, 4) is 0 Å². The number of halogens is 1. The maximum atomic E-state index is 12.1. The van der Waals surface area contributed by atoms with E-state index in [9.17, 15) is 19.2 Å². The Morgan fingerprint density at radius 3 is 2.25 bits per heavy atom. The van der Waals surface area contributed by atoms with E-state index >= 15 is 0 Å². The highest BCUT2D eigenvalue weighted by molar-refractivity contribution is 6.45. The van der Waals surface area contributed by atoms with Gasteiger partial charge in [0.05, 0.1) is 0 Å². The van der Waals surface area contributed by atoms with Gasteiger partial charge in [-0.2, -0.15) is 0 Å². The fourth-order valence-electron chi connectivity index (χ4n) is 2.22. The molecule has 1 N–H and O–H groups in total. The van der Waals surface area contributed by atoms with Gasteiger partial charge in [-0.1, -0.05) is 37.6 Å². The van der Waals surface area contributed by atoms with Crippen molar-refractivity contribution in [2.75, 3.05) is 13.1 Å². The molecule has 0 bridgehead atoms. The molecule has 0 aliphatic carbocycles. The van der Waals surface area contributed by atoms with Crippen molar-refractivity contribution >= 4 is 35.4 Å². The highest BCUT2D eigenvalue weighted by Crippen LogP contribution is 2.14. The first-order valence-electron chi connectivity index (χ1n) is 7.48. The molecule has 1 heterocycles. The number of nitrogens with one attached hydrogen (secondary N) is 1. The number of benzene rings is 1. The average molecular weight is 352 g/mol. The number of rotatable bonds is 6. The SMILES string of the molecule is CC(C)CN1C(=O)C(=O)N(CC(=O)NCc2ccc(Cl)cc2)C1=O. The van der Waals surface area contributed by atoms with E-state index in [0.29, 0.717) is 9.92 Å². The van der Waals surface area contributed by atoms with Crippen LogP contribution in [0.15, 0.2) is 24.3 Å². The Labute approximate surface area is 144 Å². The Hall–Kier alpha value is -2.41. The molecule has 1 aliphatic heterocycles. The van der Waals surface area contributed by atoms with Crippen LogP contribution in [0.1, 0.15) is 19.4 Å². The van der Waals surface area contributed by atoms with Gasteiger partial charge in [0.25, 0.3) is 0 Å². The first-order valence-corrected chi connectivity index (χ1v) is 7.86. The van der Waals surface area contributed by atoms with Crippen LogP contribution in [0.2, 0.25) is 5.02 Å². The maximum Gasteiger partial charge on any atom is 0.334 e. The standard InChI is InChI=1S/C16H18ClN3O4/c1-10(2)8-19-14(22)15(23)20(16(19)24)9-13(21)18-7-11-3-5-12(17)6-4-11/h3-6,10H,7-9H2,1-2H3,(H,18,21). The number of amides is 5. The summed E-state index contributed by atoms with van der Waals surface area (Å²) in [5, 5.41) is 3.18. The molecule has 2 rings (SSSR count). The summed E-state index contributed by atoms with van der Waals surface area (Å²) in [5.74, 6) is -2.35. The molecule has 1 aromatic carbocycles. The molecular formula is C16H18ClN3O4. The lowest BCUT2D eigenvalue weighted by Gasteiger charge is -2.16. The third-order valence-corrected chi connectivity index (χ3v) is 3.64. The molecule has 1 saturated heterocycles. The fourth-order valence-corrected chi connectivity index (χ4v) is 2.34. The van der Waals surface area contributed by atoms with Crippen LogP contribution in [0.4, 0.5) is 4.79 Å². The zero-order valence-corrected chi connectivity index (χ0v) is 14.2. The van der Waals surface area contributed by atoms with Crippen LogP contribution >= 0.6 is 11.6 Å². The quantitative estimate of drug-likeness (QED) is 0.620. The van der Waals surface area contributed by atoms with E-state index in [-0.39, 0.29) is 19.0 Å². The van der Waals surface area contributed by atoms with Gasteiger partial charge in [-0.25, -0.2) is 9.69 Å². The molecule has 1 fully saturated rings. The molecule has 0 aromatic heterocycles. The summed E-state index contributed by atoms with van der Waals surface area (Å²) in [4.78, 5) is 49.3. The zero-order chi connectivity index (χ0) is 17.9. The predicted molar refractivity (Wildman–Crippen MR) is 87.0 cm³/mol. The average Bonchev–Trinajstić information content (AvgIpc) is 2.72. The summed E-state index contributed by atoms with van der Waals surface area (Å²) < 4.78 is 0. The van der Waals surface area contributed by atoms with Crippen LogP contribution in [0, 0.1) is 5.92 Å². The number of hydrogen-bond donors (Lipinski definition) is 1. The van der Waals surface area contributed by atoms with Crippen LogP contribution in [-0.4, -0.2) is 46.6 Å². The number of imide groups is 2. The maximum absolute atomic E-state index is 12.1. The normalized spacial score (nSPS) is 14.8. The van der Waals surface area contributed by atoms with Crippen LogP contribution in [0.3, 0.4) is 0 Å². The summed E-state index contributed by atoms with van der Waals surface area (Å²) >= 11 is 5.78. The number of carbonyl (C=O) groups is 4. The molecular weight excluding hydrogens is 334 g/mol. The van der Waals surface area contributed by atoms with E-state index in [4.69, 9.17) is 11.6 Å². The van der Waals surface area contributed by atoms with E-state index in [2.05, 4.69) is 5.32 Å². The number of nitrogens with zero attached hydrogens (tertiary/aromatic N) is 2. The summed E-state index contributed by atoms with van der Waals surface area (Å²) in [6, 6.07) is 6.14. The second kappa shape index (κ2) is 7.44. The molecule has 7 nitrogen and oxygen atoms in total. The van der Waals surface area contributed by atoms with E-state index in [1.54, 1.807) is 24.3 Å². The smallest absolute Gasteiger partial charge is 0.334 e. The predicted octanol–water partition coefficient (Wildman–Crippen LogP) is 1.40. The monoisotopic (exact) mass is 351 g/mol. The van der Waals surface area contributed by atoms with Gasteiger partial charge < -0.3 is 5.32 Å². The molecule has 1 aromatic rings. The van der Waals surface area contributed by atoms with Crippen molar-refractivity contribution in [1.82, 2.24) is 15.1 Å². The van der Waals surface area contributed by atoms with E-state index in [1.807, 2.05) is 13.8 Å². The van der Waals surface area contributed by atoms with Gasteiger partial charge >= 0.3 is 17.8 Å². The van der Waals surface area contributed by atoms with Crippen molar-refractivity contribution in [2.24, 2.45) is 5.92 Å². The Kier molecular flexibility index (Phi) is 5.56. The number of carbonyl (C=O) groups excluding carboxylic acids is 4. The van der Waals surface area contributed by atoms with Crippen molar-refractivity contribution in [1.29, 1.82) is 0 Å². The highest BCUT2D eigenvalue weighted by Gasteiger charge is 2.45. The van der Waals surface area contributed by atoms with Crippen molar-refractivity contribution in [3.05, 3.63) is 34.9 Å². The molecule has 24 heavy (non-hydrogen) atoms. The lowest BCUT2D eigenvalue weighted by atomic mass is 10.2.